The van der Waals surface area contributed by atoms with E-state index in [4.69, 9.17) is 9.47 Å². The first-order valence-electron chi connectivity index (χ1n) is 7.95. The highest BCUT2D eigenvalue weighted by Gasteiger charge is 2.26. The van der Waals surface area contributed by atoms with Gasteiger partial charge in [0.05, 0.1) is 19.5 Å². The molecule has 0 bridgehead atoms. The number of methoxy groups -OCH3 is 1. The number of fused-ring (bicyclic) bond motifs is 1. The molecule has 0 radical (unpaired) electrons. The van der Waals surface area contributed by atoms with Gasteiger partial charge in [-0.1, -0.05) is 0 Å². The van der Waals surface area contributed by atoms with Crippen molar-refractivity contribution in [3.63, 3.8) is 0 Å². The van der Waals surface area contributed by atoms with Crippen molar-refractivity contribution in [1.29, 1.82) is 0 Å². The molecule has 1 aromatic rings. The summed E-state index contributed by atoms with van der Waals surface area (Å²) in [4.78, 5) is 17.9. The normalized spacial score (nSPS) is 22.2. The molecule has 0 saturated carbocycles. The minimum Gasteiger partial charge on any atom is -0.493 e. The first-order valence-corrected chi connectivity index (χ1v) is 7.95. The van der Waals surface area contributed by atoms with E-state index < -0.39 is 0 Å². The van der Waals surface area contributed by atoms with Crippen molar-refractivity contribution in [1.82, 2.24) is 5.32 Å². The lowest BCUT2D eigenvalue weighted by atomic mass is 9.87. The summed E-state index contributed by atoms with van der Waals surface area (Å²) in [5.74, 6) is 1.28. The molecule has 1 aromatic carbocycles. The van der Waals surface area contributed by atoms with Crippen molar-refractivity contribution >= 4 is 17.9 Å². The molecule has 1 N–H and O–H groups in total. The Bertz CT molecular complexity index is 595. The minimum absolute atomic E-state index is 0.0633. The molecule has 23 heavy (non-hydrogen) atoms. The molecule has 1 amide bonds. The molecule has 2 heterocycles. The zero-order valence-electron chi connectivity index (χ0n) is 13.6. The predicted molar refractivity (Wildman–Crippen MR) is 89.5 cm³/mol. The molecule has 2 aliphatic heterocycles. The monoisotopic (exact) mass is 317 g/mol. The molecule has 2 atom stereocenters. The lowest BCUT2D eigenvalue weighted by Gasteiger charge is -2.29. The van der Waals surface area contributed by atoms with Crippen molar-refractivity contribution in [3.05, 3.63) is 23.8 Å². The molecular weight excluding hydrogens is 294 g/mol. The minimum atomic E-state index is -0.0633. The van der Waals surface area contributed by atoms with Gasteiger partial charge in [-0.3, -0.25) is 9.79 Å². The number of nitrogens with one attached hydrogen (secondary N) is 1. The van der Waals surface area contributed by atoms with Crippen molar-refractivity contribution in [2.24, 2.45) is 4.99 Å². The van der Waals surface area contributed by atoms with Crippen LogP contribution in [0.25, 0.3) is 0 Å². The fourth-order valence-electron chi connectivity index (χ4n) is 3.15. The molecule has 6 nitrogen and oxygen atoms in total. The predicted octanol–water partition coefficient (Wildman–Crippen LogP) is 1.55. The number of carbonyl (C=O) groups excluding carboxylic acids is 1. The smallest absolute Gasteiger partial charge is 0.252 e. The third kappa shape index (κ3) is 3.47. The molecule has 0 aliphatic carbocycles. The Hall–Kier alpha value is -2.08. The Balaban J connectivity index is 1.79. The zero-order chi connectivity index (χ0) is 16.2. The summed E-state index contributed by atoms with van der Waals surface area (Å²) in [5, 5.41) is 3.29. The number of hydrogen-bond acceptors (Lipinski definition) is 5. The number of hydrogen-bond donors (Lipinski definition) is 1. The number of likely N-dealkylation sites (N-methyl/N-ethyl adjacent to an activating group) is 1. The fraction of sp³-hybridized carbons (Fsp3) is 0.529. The van der Waals surface area contributed by atoms with Crippen LogP contribution in [0.3, 0.4) is 0 Å². The van der Waals surface area contributed by atoms with Crippen molar-refractivity contribution in [2.45, 2.75) is 24.8 Å². The van der Waals surface area contributed by atoms with Gasteiger partial charge in [0.15, 0.2) is 0 Å². The third-order valence-electron chi connectivity index (χ3n) is 4.48. The van der Waals surface area contributed by atoms with Crippen molar-refractivity contribution in [3.8, 4) is 5.75 Å². The summed E-state index contributed by atoms with van der Waals surface area (Å²) >= 11 is 0. The molecule has 6 heteroatoms. The van der Waals surface area contributed by atoms with Gasteiger partial charge in [0, 0.05) is 25.9 Å². The van der Waals surface area contributed by atoms with Gasteiger partial charge < -0.3 is 19.7 Å². The van der Waals surface area contributed by atoms with Gasteiger partial charge in [-0.05, 0) is 42.5 Å². The summed E-state index contributed by atoms with van der Waals surface area (Å²) in [7, 11) is 3.30. The van der Waals surface area contributed by atoms with Crippen LogP contribution in [0, 0.1) is 0 Å². The van der Waals surface area contributed by atoms with Gasteiger partial charge >= 0.3 is 0 Å². The lowest BCUT2D eigenvalue weighted by molar-refractivity contribution is -0.121. The number of amides is 1. The number of ether oxygens (including phenoxy) is 2. The molecule has 0 aromatic heterocycles. The van der Waals surface area contributed by atoms with Crippen LogP contribution in [0.15, 0.2) is 23.2 Å². The second-order valence-electron chi connectivity index (χ2n) is 6.04. The number of carbonyl (C=O) groups is 1. The largest absolute Gasteiger partial charge is 0.493 e. The van der Waals surface area contributed by atoms with E-state index in [1.165, 1.54) is 12.7 Å². The van der Waals surface area contributed by atoms with Crippen LogP contribution in [0.2, 0.25) is 0 Å². The van der Waals surface area contributed by atoms with E-state index in [1.807, 2.05) is 12.1 Å². The van der Waals surface area contributed by atoms with Gasteiger partial charge in [0.2, 0.25) is 0 Å². The third-order valence-corrected chi connectivity index (χ3v) is 4.48. The van der Waals surface area contributed by atoms with Gasteiger partial charge in [-0.15, -0.1) is 0 Å². The number of anilines is 1. The number of benzene rings is 1. The second-order valence-corrected chi connectivity index (χ2v) is 6.04. The molecular formula is C17H23N3O3. The summed E-state index contributed by atoms with van der Waals surface area (Å²) in [5.41, 5.74) is 2.05. The molecule has 0 fully saturated rings. The lowest BCUT2D eigenvalue weighted by Crippen LogP contribution is -2.31. The van der Waals surface area contributed by atoms with E-state index in [0.29, 0.717) is 12.0 Å². The van der Waals surface area contributed by atoms with Crippen LogP contribution in [0.4, 0.5) is 5.69 Å². The second kappa shape index (κ2) is 7.00. The van der Waals surface area contributed by atoms with E-state index >= 15 is 0 Å². The maximum absolute atomic E-state index is 12.0. The first-order chi connectivity index (χ1) is 11.2. The summed E-state index contributed by atoms with van der Waals surface area (Å²) < 4.78 is 10.7. The van der Waals surface area contributed by atoms with Gasteiger partial charge in [0.1, 0.15) is 12.4 Å². The number of aliphatic imine (C=N–C) groups is 1. The Kier molecular flexibility index (Phi) is 4.81. The maximum atomic E-state index is 12.0. The topological polar surface area (TPSA) is 63.2 Å². The van der Waals surface area contributed by atoms with E-state index in [9.17, 15) is 4.79 Å². The standard InChI is InChI=1S/C17H23N3O3/c1-20(17(21)10-22-2)14-3-4-16-15(8-14)12(5-6-23-16)7-13-9-18-11-19-13/h3-4,8,11-13H,5-7,9-10H2,1-2H3,(H,18,19). The molecule has 124 valence electrons. The van der Waals surface area contributed by atoms with Crippen LogP contribution in [-0.4, -0.2) is 52.2 Å². The van der Waals surface area contributed by atoms with Crippen LogP contribution in [0.1, 0.15) is 24.3 Å². The summed E-state index contributed by atoms with van der Waals surface area (Å²) in [6.45, 7) is 1.65. The van der Waals surface area contributed by atoms with Gasteiger partial charge in [-0.25, -0.2) is 0 Å². The highest BCUT2D eigenvalue weighted by molar-refractivity contribution is 5.93. The Morgan fingerprint density at radius 3 is 3.13 bits per heavy atom. The molecule has 0 saturated heterocycles. The van der Waals surface area contributed by atoms with E-state index in [1.54, 1.807) is 18.3 Å². The van der Waals surface area contributed by atoms with Crippen LogP contribution < -0.4 is 15.0 Å². The first kappa shape index (κ1) is 15.8. The quantitative estimate of drug-likeness (QED) is 0.895. The average Bonchev–Trinajstić information content (AvgIpc) is 3.07. The van der Waals surface area contributed by atoms with Crippen LogP contribution >= 0.6 is 0 Å². The van der Waals surface area contributed by atoms with E-state index in [0.717, 1.165) is 37.4 Å². The Morgan fingerprint density at radius 1 is 1.52 bits per heavy atom. The molecule has 2 unspecified atom stereocenters. The molecule has 2 aliphatic rings. The van der Waals surface area contributed by atoms with Crippen molar-refractivity contribution < 1.29 is 14.3 Å². The summed E-state index contributed by atoms with van der Waals surface area (Å²) in [6, 6.07) is 6.35. The highest BCUT2D eigenvalue weighted by Crippen LogP contribution is 2.38. The average molecular weight is 317 g/mol. The van der Waals surface area contributed by atoms with Crippen LogP contribution in [0.5, 0.6) is 5.75 Å². The molecule has 3 rings (SSSR count). The van der Waals surface area contributed by atoms with Crippen molar-refractivity contribution in [2.75, 3.05) is 38.8 Å². The SMILES string of the molecule is COCC(=O)N(C)c1ccc2c(c1)C(CC1CN=CN1)CCO2. The van der Waals surface area contributed by atoms with Gasteiger partial charge in [-0.2, -0.15) is 0 Å². The Labute approximate surface area is 136 Å². The van der Waals surface area contributed by atoms with E-state index in [-0.39, 0.29) is 12.5 Å². The van der Waals surface area contributed by atoms with E-state index in [2.05, 4.69) is 16.4 Å². The van der Waals surface area contributed by atoms with Crippen LogP contribution in [-0.2, 0) is 9.53 Å². The number of rotatable bonds is 5. The number of nitrogens with zero attached hydrogens (tertiary/aromatic N) is 2. The fourth-order valence-corrected chi connectivity index (χ4v) is 3.15. The Morgan fingerprint density at radius 2 is 2.39 bits per heavy atom. The highest BCUT2D eigenvalue weighted by atomic mass is 16.5. The molecule has 0 spiro atoms. The summed E-state index contributed by atoms with van der Waals surface area (Å²) in [6.07, 6.45) is 3.80. The zero-order valence-corrected chi connectivity index (χ0v) is 13.6. The maximum Gasteiger partial charge on any atom is 0.252 e. The van der Waals surface area contributed by atoms with Gasteiger partial charge in [0.25, 0.3) is 5.91 Å².